The first-order valence-corrected chi connectivity index (χ1v) is 10.0. The largest absolute Gasteiger partial charge is 0.385 e. The summed E-state index contributed by atoms with van der Waals surface area (Å²) in [6.45, 7) is 10.9. The summed E-state index contributed by atoms with van der Waals surface area (Å²) in [5.41, 5.74) is 1.18. The minimum atomic E-state index is 0.641. The molecule has 0 bridgehead atoms. The normalized spacial score (nSPS) is 21.8. The van der Waals surface area contributed by atoms with E-state index in [1.165, 1.54) is 12.1 Å². The molecular weight excluding hydrogens is 326 g/mol. The second kappa shape index (κ2) is 10.4. The Morgan fingerprint density at radius 1 is 1.19 bits per heavy atom. The first-order chi connectivity index (χ1) is 12.9. The Morgan fingerprint density at radius 2 is 2.00 bits per heavy atom. The molecule has 1 unspecified atom stereocenters. The molecule has 1 aromatic rings. The van der Waals surface area contributed by atoms with Crippen LogP contribution < -0.4 is 10.6 Å². The molecule has 26 heavy (non-hydrogen) atoms. The molecule has 2 aliphatic rings. The zero-order valence-corrected chi connectivity index (χ0v) is 16.0. The van der Waals surface area contributed by atoms with Gasteiger partial charge in [0, 0.05) is 57.5 Å². The van der Waals surface area contributed by atoms with E-state index < -0.39 is 0 Å². The fourth-order valence-electron chi connectivity index (χ4n) is 3.65. The van der Waals surface area contributed by atoms with Crippen LogP contribution in [0, 0.1) is 0 Å². The summed E-state index contributed by atoms with van der Waals surface area (Å²) in [5.74, 6) is 1.07. The Kier molecular flexibility index (Phi) is 7.58. The smallest absolute Gasteiger partial charge is 0.193 e. The third kappa shape index (κ3) is 5.61. The molecule has 1 aromatic carbocycles. The van der Waals surface area contributed by atoms with Crippen LogP contribution in [0.5, 0.6) is 0 Å². The van der Waals surface area contributed by atoms with Crippen molar-refractivity contribution in [3.05, 3.63) is 30.3 Å². The lowest BCUT2D eigenvalue weighted by Crippen LogP contribution is -2.46. The van der Waals surface area contributed by atoms with Crippen LogP contribution in [0.1, 0.15) is 19.8 Å². The van der Waals surface area contributed by atoms with Gasteiger partial charge in [-0.1, -0.05) is 18.2 Å². The fourth-order valence-corrected chi connectivity index (χ4v) is 3.65. The Morgan fingerprint density at radius 3 is 2.77 bits per heavy atom. The van der Waals surface area contributed by atoms with E-state index in [-0.39, 0.29) is 0 Å². The van der Waals surface area contributed by atoms with E-state index in [4.69, 9.17) is 9.73 Å². The molecule has 1 atom stereocenters. The van der Waals surface area contributed by atoms with Gasteiger partial charge < -0.3 is 20.3 Å². The van der Waals surface area contributed by atoms with Crippen molar-refractivity contribution in [3.63, 3.8) is 0 Å². The van der Waals surface area contributed by atoms with E-state index in [1.54, 1.807) is 0 Å². The van der Waals surface area contributed by atoms with Crippen LogP contribution in [-0.4, -0.2) is 80.8 Å². The molecule has 0 aliphatic carbocycles. The molecule has 0 aromatic heterocycles. The lowest BCUT2D eigenvalue weighted by Gasteiger charge is -2.32. The van der Waals surface area contributed by atoms with Crippen molar-refractivity contribution in [3.8, 4) is 0 Å². The molecule has 3 rings (SSSR count). The number of ether oxygens (including phenoxy) is 1. The van der Waals surface area contributed by atoms with Crippen molar-refractivity contribution in [2.45, 2.75) is 25.8 Å². The third-order valence-electron chi connectivity index (χ3n) is 5.06. The van der Waals surface area contributed by atoms with Gasteiger partial charge in [-0.15, -0.1) is 0 Å². The predicted molar refractivity (Wildman–Crippen MR) is 108 cm³/mol. The van der Waals surface area contributed by atoms with Crippen LogP contribution in [0.15, 0.2) is 35.3 Å². The number of benzene rings is 1. The van der Waals surface area contributed by atoms with E-state index in [2.05, 4.69) is 51.6 Å². The van der Waals surface area contributed by atoms with Crippen molar-refractivity contribution >= 4 is 11.6 Å². The number of hydrogen-bond donors (Lipinski definition) is 2. The number of morpholine rings is 1. The molecule has 0 saturated carbocycles. The SMILES string of the molecule is CCNC(=NCCCNc1ccccc1)N1CCC(N2CCOCC2)C1. The number of para-hydroxylation sites is 1. The standard InChI is InChI=1S/C20H33N5O/c1-2-21-20(23-11-6-10-22-18-7-4-3-5-8-18)25-12-9-19(17-25)24-13-15-26-16-14-24/h3-5,7-8,19,22H,2,6,9-17H2,1H3,(H,21,23). The molecule has 6 nitrogen and oxygen atoms in total. The van der Waals surface area contributed by atoms with Gasteiger partial charge in [0.05, 0.1) is 13.2 Å². The predicted octanol–water partition coefficient (Wildman–Crippen LogP) is 1.86. The van der Waals surface area contributed by atoms with E-state index >= 15 is 0 Å². The van der Waals surface area contributed by atoms with Gasteiger partial charge in [0.25, 0.3) is 0 Å². The molecule has 2 aliphatic heterocycles. The summed E-state index contributed by atoms with van der Waals surface area (Å²) in [4.78, 5) is 9.86. The van der Waals surface area contributed by atoms with E-state index in [9.17, 15) is 0 Å². The minimum Gasteiger partial charge on any atom is -0.385 e. The molecule has 6 heteroatoms. The van der Waals surface area contributed by atoms with Gasteiger partial charge in [-0.2, -0.15) is 0 Å². The number of guanidine groups is 1. The number of rotatable bonds is 7. The van der Waals surface area contributed by atoms with Gasteiger partial charge >= 0.3 is 0 Å². The van der Waals surface area contributed by atoms with E-state index in [1.807, 2.05) is 6.07 Å². The summed E-state index contributed by atoms with van der Waals surface area (Å²) >= 11 is 0. The first-order valence-electron chi connectivity index (χ1n) is 10.0. The highest BCUT2D eigenvalue weighted by Gasteiger charge is 2.30. The van der Waals surface area contributed by atoms with Gasteiger partial charge in [-0.25, -0.2) is 0 Å². The maximum absolute atomic E-state index is 5.48. The topological polar surface area (TPSA) is 52.1 Å². The van der Waals surface area contributed by atoms with E-state index in [0.29, 0.717) is 6.04 Å². The van der Waals surface area contributed by atoms with Crippen molar-refractivity contribution in [2.24, 2.45) is 4.99 Å². The number of aliphatic imine (C=N–C) groups is 1. The summed E-state index contributed by atoms with van der Waals surface area (Å²) in [5, 5.41) is 6.92. The average Bonchev–Trinajstić information content (AvgIpc) is 3.18. The molecule has 2 N–H and O–H groups in total. The molecule has 2 fully saturated rings. The number of hydrogen-bond acceptors (Lipinski definition) is 4. The fraction of sp³-hybridized carbons (Fsp3) is 0.650. The highest BCUT2D eigenvalue weighted by molar-refractivity contribution is 5.80. The number of nitrogens with one attached hydrogen (secondary N) is 2. The van der Waals surface area contributed by atoms with Crippen molar-refractivity contribution in [1.82, 2.24) is 15.1 Å². The maximum Gasteiger partial charge on any atom is 0.193 e. The van der Waals surface area contributed by atoms with Crippen LogP contribution in [-0.2, 0) is 4.74 Å². The van der Waals surface area contributed by atoms with Crippen LogP contribution >= 0.6 is 0 Å². The van der Waals surface area contributed by atoms with Gasteiger partial charge in [0.2, 0.25) is 0 Å². The zero-order valence-electron chi connectivity index (χ0n) is 16.0. The molecule has 144 valence electrons. The Bertz CT molecular complexity index is 544. The lowest BCUT2D eigenvalue weighted by molar-refractivity contribution is 0.0195. The number of likely N-dealkylation sites (tertiary alicyclic amines) is 1. The summed E-state index contributed by atoms with van der Waals surface area (Å²) in [6, 6.07) is 11.0. The van der Waals surface area contributed by atoms with Crippen LogP contribution in [0.4, 0.5) is 5.69 Å². The second-order valence-corrected chi connectivity index (χ2v) is 6.92. The highest BCUT2D eigenvalue weighted by atomic mass is 16.5. The third-order valence-corrected chi connectivity index (χ3v) is 5.06. The zero-order chi connectivity index (χ0) is 18.0. The molecule has 0 spiro atoms. The van der Waals surface area contributed by atoms with Crippen LogP contribution in [0.3, 0.4) is 0 Å². The number of nitrogens with zero attached hydrogens (tertiary/aromatic N) is 3. The molecule has 0 amide bonds. The molecule has 0 radical (unpaired) electrons. The summed E-state index contributed by atoms with van der Waals surface area (Å²) < 4.78 is 5.48. The van der Waals surface area contributed by atoms with Gasteiger partial charge in [-0.05, 0) is 31.9 Å². The van der Waals surface area contributed by atoms with Gasteiger partial charge in [-0.3, -0.25) is 9.89 Å². The Balaban J connectivity index is 1.43. The van der Waals surface area contributed by atoms with Gasteiger partial charge in [0.1, 0.15) is 0 Å². The molecule has 2 saturated heterocycles. The van der Waals surface area contributed by atoms with Crippen molar-refractivity contribution < 1.29 is 4.74 Å². The van der Waals surface area contributed by atoms with Crippen molar-refractivity contribution in [1.29, 1.82) is 0 Å². The highest BCUT2D eigenvalue weighted by Crippen LogP contribution is 2.17. The number of anilines is 1. The van der Waals surface area contributed by atoms with Crippen molar-refractivity contribution in [2.75, 3.05) is 64.3 Å². The average molecular weight is 360 g/mol. The second-order valence-electron chi connectivity index (χ2n) is 6.92. The minimum absolute atomic E-state index is 0.641. The van der Waals surface area contributed by atoms with Crippen LogP contribution in [0.25, 0.3) is 0 Å². The van der Waals surface area contributed by atoms with Gasteiger partial charge in [0.15, 0.2) is 5.96 Å². The lowest BCUT2D eigenvalue weighted by atomic mass is 10.2. The summed E-state index contributed by atoms with van der Waals surface area (Å²) in [6.07, 6.45) is 2.25. The molecular formula is C20H33N5O. The monoisotopic (exact) mass is 359 g/mol. The quantitative estimate of drug-likeness (QED) is 0.442. The summed E-state index contributed by atoms with van der Waals surface area (Å²) in [7, 11) is 0. The Hall–Kier alpha value is -1.79. The van der Waals surface area contributed by atoms with E-state index in [0.717, 1.165) is 71.4 Å². The maximum atomic E-state index is 5.48. The van der Waals surface area contributed by atoms with Crippen LogP contribution in [0.2, 0.25) is 0 Å². The Labute approximate surface area is 157 Å². The first kappa shape index (κ1) is 19.0. The molecule has 2 heterocycles.